The molecular formula is C9H15F3O2. The van der Waals surface area contributed by atoms with Crippen LogP contribution in [0.3, 0.4) is 0 Å². The number of rotatable bonds is 3. The summed E-state index contributed by atoms with van der Waals surface area (Å²) in [4.78, 5) is 0. The second-order valence-electron chi connectivity index (χ2n) is 3.75. The van der Waals surface area contributed by atoms with Gasteiger partial charge in [-0.05, 0) is 19.8 Å². The lowest BCUT2D eigenvalue weighted by molar-refractivity contribution is -0.142. The van der Waals surface area contributed by atoms with Crippen LogP contribution in [0.4, 0.5) is 13.2 Å². The molecule has 0 aliphatic carbocycles. The molecule has 14 heavy (non-hydrogen) atoms. The zero-order chi connectivity index (χ0) is 10.8. The molecule has 3 unspecified atom stereocenters. The zero-order valence-corrected chi connectivity index (χ0v) is 8.05. The van der Waals surface area contributed by atoms with Crippen molar-refractivity contribution in [2.24, 2.45) is 5.92 Å². The number of alkyl halides is 3. The van der Waals surface area contributed by atoms with Gasteiger partial charge in [0.1, 0.15) is 0 Å². The monoisotopic (exact) mass is 212 g/mol. The van der Waals surface area contributed by atoms with Crippen molar-refractivity contribution in [2.75, 3.05) is 6.61 Å². The van der Waals surface area contributed by atoms with Crippen molar-refractivity contribution in [3.8, 4) is 0 Å². The van der Waals surface area contributed by atoms with Gasteiger partial charge in [-0.2, -0.15) is 13.2 Å². The number of aliphatic hydroxyl groups excluding tert-OH is 1. The van der Waals surface area contributed by atoms with Crippen molar-refractivity contribution in [3.63, 3.8) is 0 Å². The van der Waals surface area contributed by atoms with Gasteiger partial charge in [0.15, 0.2) is 0 Å². The molecule has 1 saturated heterocycles. The Balaban J connectivity index is 2.31. The van der Waals surface area contributed by atoms with Crippen LogP contribution in [0.5, 0.6) is 0 Å². The van der Waals surface area contributed by atoms with Gasteiger partial charge in [0.05, 0.1) is 12.2 Å². The van der Waals surface area contributed by atoms with E-state index in [9.17, 15) is 18.3 Å². The lowest BCUT2D eigenvalue weighted by Crippen LogP contribution is -2.27. The summed E-state index contributed by atoms with van der Waals surface area (Å²) in [5, 5.41) is 9.50. The lowest BCUT2D eigenvalue weighted by Gasteiger charge is -2.21. The molecule has 0 spiro atoms. The molecule has 0 aromatic rings. The highest BCUT2D eigenvalue weighted by Gasteiger charge is 2.34. The van der Waals surface area contributed by atoms with Gasteiger partial charge < -0.3 is 9.84 Å². The van der Waals surface area contributed by atoms with E-state index in [1.807, 2.05) is 0 Å². The fourth-order valence-electron chi connectivity index (χ4n) is 1.78. The molecule has 84 valence electrons. The number of halogens is 3. The molecule has 1 heterocycles. The average molecular weight is 212 g/mol. The Kier molecular flexibility index (Phi) is 3.78. The maximum atomic E-state index is 11.9. The summed E-state index contributed by atoms with van der Waals surface area (Å²) >= 11 is 0. The van der Waals surface area contributed by atoms with Crippen molar-refractivity contribution in [1.29, 1.82) is 0 Å². The van der Waals surface area contributed by atoms with E-state index in [0.29, 0.717) is 13.0 Å². The molecule has 1 aliphatic rings. The minimum Gasteiger partial charge on any atom is -0.393 e. The van der Waals surface area contributed by atoms with Crippen molar-refractivity contribution in [1.82, 2.24) is 0 Å². The van der Waals surface area contributed by atoms with Crippen molar-refractivity contribution in [2.45, 2.75) is 44.6 Å². The van der Waals surface area contributed by atoms with Crippen LogP contribution < -0.4 is 0 Å². The molecule has 2 nitrogen and oxygen atoms in total. The summed E-state index contributed by atoms with van der Waals surface area (Å²) in [5.74, 6) is -0.141. The van der Waals surface area contributed by atoms with Crippen molar-refractivity contribution >= 4 is 0 Å². The lowest BCUT2D eigenvalue weighted by atomic mass is 9.93. The summed E-state index contributed by atoms with van der Waals surface area (Å²) in [7, 11) is 0. The third kappa shape index (κ3) is 3.46. The second-order valence-corrected chi connectivity index (χ2v) is 3.75. The Morgan fingerprint density at radius 3 is 2.57 bits per heavy atom. The maximum absolute atomic E-state index is 11.9. The first-order valence-electron chi connectivity index (χ1n) is 4.76. The zero-order valence-electron chi connectivity index (χ0n) is 8.05. The molecule has 0 radical (unpaired) electrons. The molecule has 0 bridgehead atoms. The van der Waals surface area contributed by atoms with E-state index in [1.165, 1.54) is 0 Å². The van der Waals surface area contributed by atoms with E-state index in [0.717, 1.165) is 0 Å². The SMILES string of the molecule is CC1OCCC1C(O)CCC(F)(F)F. The Bertz CT molecular complexity index is 181. The Hall–Kier alpha value is -0.290. The van der Waals surface area contributed by atoms with Gasteiger partial charge in [-0.3, -0.25) is 0 Å². The van der Waals surface area contributed by atoms with Crippen LogP contribution in [-0.4, -0.2) is 30.1 Å². The first-order valence-corrected chi connectivity index (χ1v) is 4.76. The van der Waals surface area contributed by atoms with Gasteiger partial charge in [-0.1, -0.05) is 0 Å². The first kappa shape index (κ1) is 11.8. The molecule has 1 aliphatic heterocycles. The normalized spacial score (nSPS) is 30.6. The highest BCUT2D eigenvalue weighted by molar-refractivity contribution is 4.79. The Morgan fingerprint density at radius 2 is 2.14 bits per heavy atom. The van der Waals surface area contributed by atoms with Crippen molar-refractivity contribution in [3.05, 3.63) is 0 Å². The van der Waals surface area contributed by atoms with Gasteiger partial charge >= 0.3 is 6.18 Å². The molecule has 5 heteroatoms. The highest BCUT2D eigenvalue weighted by Crippen LogP contribution is 2.29. The number of hydrogen-bond acceptors (Lipinski definition) is 2. The van der Waals surface area contributed by atoms with E-state index < -0.39 is 18.7 Å². The van der Waals surface area contributed by atoms with E-state index in [-0.39, 0.29) is 18.4 Å². The van der Waals surface area contributed by atoms with E-state index >= 15 is 0 Å². The average Bonchev–Trinajstić information content (AvgIpc) is 2.46. The molecule has 1 N–H and O–H groups in total. The Labute approximate surface area is 81.1 Å². The molecule has 0 saturated carbocycles. The van der Waals surface area contributed by atoms with Gasteiger partial charge in [-0.15, -0.1) is 0 Å². The van der Waals surface area contributed by atoms with Crippen molar-refractivity contribution < 1.29 is 23.0 Å². The molecule has 0 aromatic carbocycles. The third-order valence-corrected chi connectivity index (χ3v) is 2.65. The van der Waals surface area contributed by atoms with Gasteiger partial charge in [0, 0.05) is 18.9 Å². The van der Waals surface area contributed by atoms with Crippen LogP contribution >= 0.6 is 0 Å². The fourth-order valence-corrected chi connectivity index (χ4v) is 1.78. The molecule has 3 atom stereocenters. The number of aliphatic hydroxyl groups is 1. The van der Waals surface area contributed by atoms with Crippen LogP contribution in [0.25, 0.3) is 0 Å². The standard InChI is InChI=1S/C9H15F3O2/c1-6-7(3-5-14-6)8(13)2-4-9(10,11)12/h6-8,13H,2-5H2,1H3. The van der Waals surface area contributed by atoms with E-state index in [1.54, 1.807) is 6.92 Å². The molecule has 0 amide bonds. The predicted octanol–water partition coefficient (Wildman–Crippen LogP) is 2.11. The van der Waals surface area contributed by atoms with Crippen LogP contribution in [0.2, 0.25) is 0 Å². The van der Waals surface area contributed by atoms with Crippen LogP contribution in [-0.2, 0) is 4.74 Å². The van der Waals surface area contributed by atoms with Crippen LogP contribution in [0.1, 0.15) is 26.2 Å². The number of hydrogen-bond donors (Lipinski definition) is 1. The van der Waals surface area contributed by atoms with Gasteiger partial charge in [-0.25, -0.2) is 0 Å². The quantitative estimate of drug-likeness (QED) is 0.776. The smallest absolute Gasteiger partial charge is 0.389 e. The van der Waals surface area contributed by atoms with Crippen LogP contribution in [0, 0.1) is 5.92 Å². The first-order chi connectivity index (χ1) is 6.40. The molecule has 1 rings (SSSR count). The summed E-state index contributed by atoms with van der Waals surface area (Å²) in [5.41, 5.74) is 0. The summed E-state index contributed by atoms with van der Waals surface area (Å²) < 4.78 is 40.8. The topological polar surface area (TPSA) is 29.5 Å². The predicted molar refractivity (Wildman–Crippen MR) is 44.8 cm³/mol. The van der Waals surface area contributed by atoms with Gasteiger partial charge in [0.25, 0.3) is 0 Å². The number of ether oxygens (including phenoxy) is 1. The maximum Gasteiger partial charge on any atom is 0.389 e. The summed E-state index contributed by atoms with van der Waals surface area (Å²) in [6.07, 6.45) is -5.68. The second kappa shape index (κ2) is 4.49. The van der Waals surface area contributed by atoms with E-state index in [2.05, 4.69) is 0 Å². The van der Waals surface area contributed by atoms with E-state index in [4.69, 9.17) is 4.74 Å². The summed E-state index contributed by atoms with van der Waals surface area (Å²) in [6, 6.07) is 0. The van der Waals surface area contributed by atoms with Gasteiger partial charge in [0.2, 0.25) is 0 Å². The molecular weight excluding hydrogens is 197 g/mol. The highest BCUT2D eigenvalue weighted by atomic mass is 19.4. The molecule has 1 fully saturated rings. The largest absolute Gasteiger partial charge is 0.393 e. The Morgan fingerprint density at radius 1 is 1.50 bits per heavy atom. The fraction of sp³-hybridized carbons (Fsp3) is 1.00. The third-order valence-electron chi connectivity index (χ3n) is 2.65. The minimum absolute atomic E-state index is 0.127. The minimum atomic E-state index is -4.18. The van der Waals surface area contributed by atoms with Crippen LogP contribution in [0.15, 0.2) is 0 Å². The summed E-state index contributed by atoms with van der Waals surface area (Å²) in [6.45, 7) is 2.32. The molecule has 0 aromatic heterocycles.